The Hall–Kier alpha value is -0.490. The van der Waals surface area contributed by atoms with Crippen molar-refractivity contribution in [3.63, 3.8) is 0 Å². The van der Waals surface area contributed by atoms with Crippen LogP contribution in [0.25, 0.3) is 0 Å². The van der Waals surface area contributed by atoms with Crippen LogP contribution in [0.3, 0.4) is 0 Å². The van der Waals surface area contributed by atoms with Crippen molar-refractivity contribution in [3.05, 3.63) is 21.3 Å². The molecule has 0 saturated carbocycles. The monoisotopic (exact) mass is 274 g/mol. The summed E-state index contributed by atoms with van der Waals surface area (Å²) in [6, 6.07) is 0.718. The number of hydrogen-bond acceptors (Lipinski definition) is 2. The Morgan fingerprint density at radius 3 is 2.46 bits per heavy atom. The number of nitrogens with zero attached hydrogens (tertiary/aromatic N) is 1. The molecule has 1 aromatic rings. The molecule has 0 saturated heterocycles. The van der Waals surface area contributed by atoms with Crippen molar-refractivity contribution < 1.29 is 13.2 Å². The highest BCUT2D eigenvalue weighted by Crippen LogP contribution is 2.38. The maximum Gasteiger partial charge on any atom is 0.417 e. The topological polar surface area (TPSA) is 38.9 Å². The molecule has 0 aliphatic heterocycles. The smallest absolute Gasteiger partial charge is 0.384 e. The fourth-order valence-corrected chi connectivity index (χ4v) is 1.35. The van der Waals surface area contributed by atoms with Crippen LogP contribution in [0.4, 0.5) is 19.0 Å². The van der Waals surface area contributed by atoms with Crippen molar-refractivity contribution in [2.24, 2.45) is 0 Å². The summed E-state index contributed by atoms with van der Waals surface area (Å²) in [6.07, 6.45) is -4.49. The number of nitrogens with two attached hydrogens (primary N) is 1. The van der Waals surface area contributed by atoms with Crippen LogP contribution >= 0.6 is 27.5 Å². The summed E-state index contributed by atoms with van der Waals surface area (Å²) >= 11 is 8.07. The fraction of sp³-hybridized carbons (Fsp3) is 0.167. The number of pyridine rings is 1. The first-order valence-electron chi connectivity index (χ1n) is 3.01. The van der Waals surface area contributed by atoms with Crippen molar-refractivity contribution in [1.82, 2.24) is 4.98 Å². The van der Waals surface area contributed by atoms with E-state index in [1.54, 1.807) is 0 Å². The van der Waals surface area contributed by atoms with E-state index in [9.17, 15) is 13.2 Å². The number of anilines is 1. The third kappa shape index (κ3) is 2.25. The van der Waals surface area contributed by atoms with Gasteiger partial charge in [-0.3, -0.25) is 0 Å². The summed E-state index contributed by atoms with van der Waals surface area (Å²) in [6.45, 7) is 0. The Morgan fingerprint density at radius 2 is 2.00 bits per heavy atom. The summed E-state index contributed by atoms with van der Waals surface area (Å²) in [5, 5.41) is -0.299. The van der Waals surface area contributed by atoms with Crippen LogP contribution < -0.4 is 5.73 Å². The maximum absolute atomic E-state index is 12.2. The minimum absolute atomic E-state index is 0.263. The van der Waals surface area contributed by atoms with Gasteiger partial charge in [0.15, 0.2) is 0 Å². The van der Waals surface area contributed by atoms with E-state index in [4.69, 9.17) is 17.3 Å². The van der Waals surface area contributed by atoms with Gasteiger partial charge in [0.1, 0.15) is 11.0 Å². The highest BCUT2D eigenvalue weighted by molar-refractivity contribution is 9.10. The molecule has 1 heterocycles. The summed E-state index contributed by atoms with van der Waals surface area (Å²) in [7, 11) is 0. The van der Waals surface area contributed by atoms with E-state index in [-0.39, 0.29) is 15.4 Å². The lowest BCUT2D eigenvalue weighted by Gasteiger charge is -2.09. The van der Waals surface area contributed by atoms with Crippen LogP contribution in [0.1, 0.15) is 5.56 Å². The molecule has 0 bridgehead atoms. The standard InChI is InChI=1S/C6H3BrClF3N2/c7-4-2(6(9,10)11)1-3(12)13-5(4)8/h1H,(H2,12,13). The van der Waals surface area contributed by atoms with Crippen molar-refractivity contribution in [1.29, 1.82) is 0 Å². The predicted octanol–water partition coefficient (Wildman–Crippen LogP) is 3.10. The lowest BCUT2D eigenvalue weighted by molar-refractivity contribution is -0.138. The van der Waals surface area contributed by atoms with Gasteiger partial charge in [-0.25, -0.2) is 4.98 Å². The molecule has 72 valence electrons. The normalized spacial score (nSPS) is 11.8. The number of rotatable bonds is 0. The summed E-state index contributed by atoms with van der Waals surface area (Å²) in [4.78, 5) is 3.44. The molecule has 0 fully saturated rings. The first-order chi connectivity index (χ1) is 5.82. The van der Waals surface area contributed by atoms with Crippen molar-refractivity contribution in [2.45, 2.75) is 6.18 Å². The van der Waals surface area contributed by atoms with Gasteiger partial charge in [0, 0.05) is 0 Å². The number of nitrogen functional groups attached to an aromatic ring is 1. The number of hydrogen-bond donors (Lipinski definition) is 1. The molecular weight excluding hydrogens is 272 g/mol. The zero-order valence-corrected chi connectivity index (χ0v) is 8.33. The Balaban J connectivity index is 3.37. The molecule has 2 nitrogen and oxygen atoms in total. The first-order valence-corrected chi connectivity index (χ1v) is 4.18. The molecule has 0 atom stereocenters. The Morgan fingerprint density at radius 1 is 1.46 bits per heavy atom. The van der Waals surface area contributed by atoms with Crippen molar-refractivity contribution in [2.75, 3.05) is 5.73 Å². The molecule has 0 amide bonds. The zero-order valence-electron chi connectivity index (χ0n) is 5.99. The van der Waals surface area contributed by atoms with Gasteiger partial charge in [-0.1, -0.05) is 11.6 Å². The van der Waals surface area contributed by atoms with Crippen LogP contribution in [0.15, 0.2) is 10.5 Å². The zero-order chi connectivity index (χ0) is 10.2. The van der Waals surface area contributed by atoms with Crippen LogP contribution in [0.5, 0.6) is 0 Å². The molecule has 0 aromatic carbocycles. The van der Waals surface area contributed by atoms with E-state index in [0.29, 0.717) is 0 Å². The van der Waals surface area contributed by atoms with Crippen LogP contribution in [0, 0.1) is 0 Å². The number of alkyl halides is 3. The van der Waals surface area contributed by atoms with Gasteiger partial charge in [0.25, 0.3) is 0 Å². The van der Waals surface area contributed by atoms with Crippen molar-refractivity contribution >= 4 is 33.3 Å². The summed E-state index contributed by atoms with van der Waals surface area (Å²) in [5.41, 5.74) is 4.18. The molecule has 0 radical (unpaired) electrons. The Bertz CT molecular complexity index is 339. The molecule has 0 unspecified atom stereocenters. The minimum atomic E-state index is -4.49. The molecule has 13 heavy (non-hydrogen) atoms. The maximum atomic E-state index is 12.2. The fourth-order valence-electron chi connectivity index (χ4n) is 0.723. The SMILES string of the molecule is Nc1cc(C(F)(F)F)c(Br)c(Cl)n1. The van der Waals surface area contributed by atoms with Gasteiger partial charge >= 0.3 is 6.18 Å². The van der Waals surface area contributed by atoms with Crippen LogP contribution in [0.2, 0.25) is 5.15 Å². The molecule has 2 N–H and O–H groups in total. The lowest BCUT2D eigenvalue weighted by atomic mass is 10.2. The molecule has 7 heteroatoms. The quantitative estimate of drug-likeness (QED) is 0.739. The predicted molar refractivity (Wildman–Crippen MR) is 46.4 cm³/mol. The van der Waals surface area contributed by atoms with Gasteiger partial charge in [0.05, 0.1) is 10.0 Å². The second-order valence-corrected chi connectivity index (χ2v) is 3.35. The van der Waals surface area contributed by atoms with Crippen molar-refractivity contribution in [3.8, 4) is 0 Å². The van der Waals surface area contributed by atoms with E-state index in [2.05, 4.69) is 20.9 Å². The molecule has 0 aliphatic rings. The average Bonchev–Trinajstić information content (AvgIpc) is 1.94. The molecule has 0 spiro atoms. The molecular formula is C6H3BrClF3N2. The highest BCUT2D eigenvalue weighted by Gasteiger charge is 2.34. The Kier molecular flexibility index (Phi) is 2.72. The van der Waals surface area contributed by atoms with Gasteiger partial charge in [-0.15, -0.1) is 0 Å². The average molecular weight is 275 g/mol. The third-order valence-electron chi connectivity index (χ3n) is 1.24. The Labute approximate surface area is 85.0 Å². The van der Waals surface area contributed by atoms with Gasteiger partial charge in [0.2, 0.25) is 0 Å². The van der Waals surface area contributed by atoms with E-state index in [1.165, 1.54) is 0 Å². The largest absolute Gasteiger partial charge is 0.417 e. The van der Waals surface area contributed by atoms with E-state index in [1.807, 2.05) is 0 Å². The highest BCUT2D eigenvalue weighted by atomic mass is 79.9. The minimum Gasteiger partial charge on any atom is -0.384 e. The third-order valence-corrected chi connectivity index (χ3v) is 2.55. The van der Waals surface area contributed by atoms with E-state index >= 15 is 0 Å². The van der Waals surface area contributed by atoms with Crippen LogP contribution in [-0.2, 0) is 6.18 Å². The molecule has 0 aliphatic carbocycles. The summed E-state index contributed by atoms with van der Waals surface area (Å²) in [5.74, 6) is -0.263. The molecule has 1 aromatic heterocycles. The van der Waals surface area contributed by atoms with Gasteiger partial charge < -0.3 is 5.73 Å². The first kappa shape index (κ1) is 10.6. The molecule has 1 rings (SSSR count). The van der Waals surface area contributed by atoms with Gasteiger partial charge in [-0.2, -0.15) is 13.2 Å². The van der Waals surface area contributed by atoms with Crippen LogP contribution in [-0.4, -0.2) is 4.98 Å². The lowest BCUT2D eigenvalue weighted by Crippen LogP contribution is -2.08. The number of halogens is 5. The van der Waals surface area contributed by atoms with E-state index in [0.717, 1.165) is 6.07 Å². The van der Waals surface area contributed by atoms with Gasteiger partial charge in [-0.05, 0) is 22.0 Å². The van der Waals surface area contributed by atoms with E-state index < -0.39 is 11.7 Å². The summed E-state index contributed by atoms with van der Waals surface area (Å²) < 4.78 is 36.4. The second-order valence-electron chi connectivity index (χ2n) is 2.20. The number of aromatic nitrogens is 1. The second kappa shape index (κ2) is 3.34.